The molecule has 4 heteroatoms. The van der Waals surface area contributed by atoms with Gasteiger partial charge >= 0.3 is 0 Å². The Morgan fingerprint density at radius 2 is 1.38 bits per heavy atom. The lowest BCUT2D eigenvalue weighted by atomic mass is 9.66. The highest BCUT2D eigenvalue weighted by Gasteiger charge is 2.36. The van der Waals surface area contributed by atoms with Crippen molar-refractivity contribution >= 4 is 0 Å². The van der Waals surface area contributed by atoms with Crippen LogP contribution in [0.25, 0.3) is 0 Å². The topological polar surface area (TPSA) is 18.5 Å². The predicted octanol–water partition coefficient (Wildman–Crippen LogP) is 9.02. The van der Waals surface area contributed by atoms with Gasteiger partial charge in [0.25, 0.3) is 0 Å². The average molecular weight is 477 g/mol. The molecule has 2 atom stereocenters. The average Bonchev–Trinajstić information content (AvgIpc) is 2.88. The molecule has 2 nitrogen and oxygen atoms in total. The summed E-state index contributed by atoms with van der Waals surface area (Å²) in [4.78, 5) is 0. The maximum Gasteiger partial charge on any atom is 0.200 e. The van der Waals surface area contributed by atoms with Gasteiger partial charge in [0.2, 0.25) is 5.82 Å². The first kappa shape index (κ1) is 25.9. The zero-order valence-electron chi connectivity index (χ0n) is 21.5. The van der Waals surface area contributed by atoms with Gasteiger partial charge in [-0.25, -0.2) is 4.39 Å². The highest BCUT2D eigenvalue weighted by molar-refractivity contribution is 5.32. The number of hydrogen-bond acceptors (Lipinski definition) is 2. The Morgan fingerprint density at radius 3 is 1.97 bits per heavy atom. The third-order valence-electron chi connectivity index (χ3n) is 9.29. The third kappa shape index (κ3) is 6.33. The normalized spacial score (nSPS) is 32.5. The Balaban J connectivity index is 1.19. The van der Waals surface area contributed by atoms with E-state index >= 15 is 0 Å². The molecule has 2 aliphatic carbocycles. The SMILES string of the molecule is CCCCCC1CCC(C2CCC(C3CCC(c4ccc(OCC)c(F)c4F)OC3)CC2)CC1. The molecule has 3 aliphatic rings. The minimum atomic E-state index is -0.890. The molecular weight excluding hydrogens is 430 g/mol. The molecule has 1 aliphatic heterocycles. The van der Waals surface area contributed by atoms with Gasteiger partial charge < -0.3 is 9.47 Å². The fraction of sp³-hybridized carbons (Fsp3) is 0.800. The molecule has 0 bridgehead atoms. The molecule has 1 saturated heterocycles. The molecule has 0 amide bonds. The van der Waals surface area contributed by atoms with Crippen molar-refractivity contribution in [1.29, 1.82) is 0 Å². The van der Waals surface area contributed by atoms with E-state index in [1.807, 2.05) is 0 Å². The minimum absolute atomic E-state index is 0.0147. The number of hydrogen-bond donors (Lipinski definition) is 0. The second kappa shape index (κ2) is 12.7. The Hall–Kier alpha value is -1.16. The highest BCUT2D eigenvalue weighted by Crippen LogP contribution is 2.46. The van der Waals surface area contributed by atoms with Gasteiger partial charge in [0.15, 0.2) is 11.6 Å². The molecular formula is C30H46F2O2. The van der Waals surface area contributed by atoms with Crippen molar-refractivity contribution in [3.05, 3.63) is 29.3 Å². The van der Waals surface area contributed by atoms with Crippen molar-refractivity contribution in [2.24, 2.45) is 29.6 Å². The largest absolute Gasteiger partial charge is 0.491 e. The van der Waals surface area contributed by atoms with Crippen LogP contribution >= 0.6 is 0 Å². The summed E-state index contributed by atoms with van der Waals surface area (Å²) in [6.07, 6.45) is 18.4. The molecule has 0 spiro atoms. The second-order valence-corrected chi connectivity index (χ2v) is 11.3. The van der Waals surface area contributed by atoms with E-state index in [2.05, 4.69) is 6.92 Å². The first-order valence-electron chi connectivity index (χ1n) is 14.3. The van der Waals surface area contributed by atoms with Gasteiger partial charge in [-0.15, -0.1) is 0 Å². The van der Waals surface area contributed by atoms with Crippen LogP contribution in [-0.2, 0) is 4.74 Å². The lowest BCUT2D eigenvalue weighted by Crippen LogP contribution is -2.32. The molecule has 3 fully saturated rings. The third-order valence-corrected chi connectivity index (χ3v) is 9.29. The van der Waals surface area contributed by atoms with Gasteiger partial charge in [-0.1, -0.05) is 45.4 Å². The van der Waals surface area contributed by atoms with Gasteiger partial charge in [0.05, 0.1) is 19.3 Å². The van der Waals surface area contributed by atoms with Crippen LogP contribution in [0.4, 0.5) is 8.78 Å². The summed E-state index contributed by atoms with van der Waals surface area (Å²) < 4.78 is 40.2. The molecule has 1 aromatic rings. The minimum Gasteiger partial charge on any atom is -0.491 e. The number of ether oxygens (including phenoxy) is 2. The first-order chi connectivity index (χ1) is 16.6. The Labute approximate surface area is 206 Å². The van der Waals surface area contributed by atoms with E-state index in [9.17, 15) is 8.78 Å². The molecule has 192 valence electrons. The predicted molar refractivity (Wildman–Crippen MR) is 134 cm³/mol. The van der Waals surface area contributed by atoms with Crippen LogP contribution in [0.5, 0.6) is 5.75 Å². The number of benzene rings is 1. The second-order valence-electron chi connectivity index (χ2n) is 11.3. The summed E-state index contributed by atoms with van der Waals surface area (Å²) in [6.45, 7) is 5.06. The summed E-state index contributed by atoms with van der Waals surface area (Å²) in [5.41, 5.74) is 0.341. The summed E-state index contributed by atoms with van der Waals surface area (Å²) in [5.74, 6) is 2.50. The van der Waals surface area contributed by atoms with Crippen LogP contribution < -0.4 is 4.74 Å². The van der Waals surface area contributed by atoms with Crippen LogP contribution in [0.2, 0.25) is 0 Å². The van der Waals surface area contributed by atoms with Crippen molar-refractivity contribution in [3.63, 3.8) is 0 Å². The van der Waals surface area contributed by atoms with Gasteiger partial charge in [0.1, 0.15) is 0 Å². The first-order valence-corrected chi connectivity index (χ1v) is 14.3. The zero-order chi connectivity index (χ0) is 23.9. The molecule has 0 N–H and O–H groups in total. The molecule has 0 aromatic heterocycles. The van der Waals surface area contributed by atoms with Gasteiger partial charge in [-0.2, -0.15) is 4.39 Å². The van der Waals surface area contributed by atoms with E-state index in [1.54, 1.807) is 13.0 Å². The summed E-state index contributed by atoms with van der Waals surface area (Å²) in [6, 6.07) is 3.17. The van der Waals surface area contributed by atoms with E-state index in [1.165, 1.54) is 83.1 Å². The van der Waals surface area contributed by atoms with Crippen molar-refractivity contribution < 1.29 is 18.3 Å². The standard InChI is InChI=1S/C30H46F2O2/c1-3-5-6-7-21-8-10-22(11-9-21)23-12-14-24(15-13-23)25-16-18-27(34-20-25)26-17-19-28(33-4-2)30(32)29(26)31/h17,19,21-25,27H,3-16,18,20H2,1-2H3. The van der Waals surface area contributed by atoms with Crippen LogP contribution in [-0.4, -0.2) is 13.2 Å². The van der Waals surface area contributed by atoms with Crippen molar-refractivity contribution in [1.82, 2.24) is 0 Å². The number of halogens is 2. The van der Waals surface area contributed by atoms with Gasteiger partial charge in [0, 0.05) is 5.56 Å². The van der Waals surface area contributed by atoms with Crippen LogP contribution in [0.3, 0.4) is 0 Å². The van der Waals surface area contributed by atoms with Crippen LogP contribution in [0, 0.1) is 41.2 Å². The molecule has 2 saturated carbocycles. The Bertz CT molecular complexity index is 742. The van der Waals surface area contributed by atoms with E-state index < -0.39 is 11.6 Å². The maximum atomic E-state index is 14.6. The fourth-order valence-electron chi connectivity index (χ4n) is 7.17. The molecule has 0 radical (unpaired) electrons. The Morgan fingerprint density at radius 1 is 0.765 bits per heavy atom. The summed E-state index contributed by atoms with van der Waals surface area (Å²) >= 11 is 0. The smallest absolute Gasteiger partial charge is 0.200 e. The number of unbranched alkanes of at least 4 members (excludes halogenated alkanes) is 2. The van der Waals surface area contributed by atoms with Crippen LogP contribution in [0.15, 0.2) is 12.1 Å². The monoisotopic (exact) mass is 476 g/mol. The highest BCUT2D eigenvalue weighted by atomic mass is 19.2. The molecule has 34 heavy (non-hydrogen) atoms. The van der Waals surface area contributed by atoms with E-state index in [4.69, 9.17) is 9.47 Å². The molecule has 1 heterocycles. The van der Waals surface area contributed by atoms with Gasteiger partial charge in [-0.05, 0) is 100 Å². The molecule has 1 aromatic carbocycles. The lowest BCUT2D eigenvalue weighted by molar-refractivity contribution is -0.0437. The summed E-state index contributed by atoms with van der Waals surface area (Å²) in [7, 11) is 0. The molecule has 2 unspecified atom stereocenters. The molecule has 4 rings (SSSR count). The van der Waals surface area contributed by atoms with Crippen LogP contribution in [0.1, 0.15) is 115 Å². The quantitative estimate of drug-likeness (QED) is 0.331. The van der Waals surface area contributed by atoms with Gasteiger partial charge in [-0.3, -0.25) is 0 Å². The lowest BCUT2D eigenvalue weighted by Gasteiger charge is -2.41. The van der Waals surface area contributed by atoms with E-state index in [0.29, 0.717) is 24.7 Å². The maximum absolute atomic E-state index is 14.6. The zero-order valence-corrected chi connectivity index (χ0v) is 21.5. The van der Waals surface area contributed by atoms with Crippen molar-refractivity contribution in [3.8, 4) is 5.75 Å². The van der Waals surface area contributed by atoms with Crippen molar-refractivity contribution in [2.75, 3.05) is 13.2 Å². The Kier molecular flexibility index (Phi) is 9.68. The van der Waals surface area contributed by atoms with E-state index in [-0.39, 0.29) is 11.9 Å². The van der Waals surface area contributed by atoms with E-state index in [0.717, 1.165) is 36.5 Å². The fourth-order valence-corrected chi connectivity index (χ4v) is 7.17. The van der Waals surface area contributed by atoms with Crippen molar-refractivity contribution in [2.45, 2.75) is 110 Å². The number of rotatable bonds is 9. The summed E-state index contributed by atoms with van der Waals surface area (Å²) in [5, 5.41) is 0.